The number of hydrogen-bond acceptors (Lipinski definition) is 2. The Kier molecular flexibility index (Phi) is 4.23. The highest BCUT2D eigenvalue weighted by Crippen LogP contribution is 2.32. The van der Waals surface area contributed by atoms with E-state index in [1.54, 1.807) is 24.3 Å². The summed E-state index contributed by atoms with van der Waals surface area (Å²) in [4.78, 5) is 0. The molecule has 0 saturated carbocycles. The summed E-state index contributed by atoms with van der Waals surface area (Å²) in [6.07, 6.45) is -4.36. The van der Waals surface area contributed by atoms with Crippen LogP contribution in [0.25, 0.3) is 0 Å². The third-order valence-corrected chi connectivity index (χ3v) is 3.26. The number of nitrogens with two attached hydrogens (primary N) is 1. The first-order chi connectivity index (χ1) is 9.38. The van der Waals surface area contributed by atoms with Gasteiger partial charge in [0.1, 0.15) is 6.61 Å². The summed E-state index contributed by atoms with van der Waals surface area (Å²) < 4.78 is 43.9. The average Bonchev–Trinajstić information content (AvgIpc) is 2.37. The second-order valence-electron chi connectivity index (χ2n) is 4.14. The molecule has 0 unspecified atom stereocenters. The van der Waals surface area contributed by atoms with Crippen LogP contribution in [0.15, 0.2) is 46.9 Å². The molecule has 2 aromatic carbocycles. The molecule has 0 aliphatic carbocycles. The first kappa shape index (κ1) is 14.7. The van der Waals surface area contributed by atoms with Gasteiger partial charge in [-0.1, -0.05) is 18.2 Å². The molecule has 106 valence electrons. The van der Waals surface area contributed by atoms with Gasteiger partial charge in [-0.05, 0) is 45.8 Å². The van der Waals surface area contributed by atoms with Gasteiger partial charge in [-0.25, -0.2) is 0 Å². The topological polar surface area (TPSA) is 35.2 Å². The summed E-state index contributed by atoms with van der Waals surface area (Å²) in [6.45, 7) is 0.0106. The van der Waals surface area contributed by atoms with Crippen LogP contribution >= 0.6 is 15.9 Å². The van der Waals surface area contributed by atoms with E-state index in [0.29, 0.717) is 21.5 Å². The lowest BCUT2D eigenvalue weighted by atomic mass is 10.1. The standard InChI is InChI=1S/C14H11BrF3NO/c15-11-5-2-6-12(19)13(11)20-8-9-3-1-4-10(7-9)14(16,17)18/h1-7H,8,19H2. The molecule has 0 bridgehead atoms. The van der Waals surface area contributed by atoms with Crippen LogP contribution in [0.5, 0.6) is 5.75 Å². The molecule has 0 saturated heterocycles. The maximum absolute atomic E-state index is 12.6. The van der Waals surface area contributed by atoms with Gasteiger partial charge in [0.25, 0.3) is 0 Å². The first-order valence-corrected chi connectivity index (χ1v) is 6.50. The molecule has 20 heavy (non-hydrogen) atoms. The number of halogens is 4. The predicted molar refractivity (Wildman–Crippen MR) is 74.3 cm³/mol. The molecule has 0 atom stereocenters. The quantitative estimate of drug-likeness (QED) is 0.823. The summed E-state index contributed by atoms with van der Waals surface area (Å²) in [5, 5.41) is 0. The van der Waals surface area contributed by atoms with Crippen LogP contribution in [0.4, 0.5) is 18.9 Å². The van der Waals surface area contributed by atoms with Crippen LogP contribution in [0, 0.1) is 0 Å². The van der Waals surface area contributed by atoms with Gasteiger partial charge in [0, 0.05) is 0 Å². The molecule has 0 heterocycles. The van der Waals surface area contributed by atoms with Crippen molar-refractivity contribution in [2.24, 2.45) is 0 Å². The van der Waals surface area contributed by atoms with Gasteiger partial charge < -0.3 is 10.5 Å². The minimum atomic E-state index is -4.36. The van der Waals surface area contributed by atoms with E-state index in [2.05, 4.69) is 15.9 Å². The van der Waals surface area contributed by atoms with E-state index in [1.165, 1.54) is 6.07 Å². The fourth-order valence-electron chi connectivity index (χ4n) is 1.67. The van der Waals surface area contributed by atoms with Crippen molar-refractivity contribution in [2.45, 2.75) is 12.8 Å². The molecule has 2 N–H and O–H groups in total. The van der Waals surface area contributed by atoms with Crippen molar-refractivity contribution in [2.75, 3.05) is 5.73 Å². The summed E-state index contributed by atoms with van der Waals surface area (Å²) >= 11 is 3.28. The molecule has 2 rings (SSSR count). The molecule has 0 fully saturated rings. The van der Waals surface area contributed by atoms with Crippen LogP contribution in [-0.4, -0.2) is 0 Å². The van der Waals surface area contributed by atoms with Gasteiger partial charge >= 0.3 is 6.18 Å². The number of nitrogen functional groups attached to an aromatic ring is 1. The molecule has 2 aromatic rings. The molecule has 2 nitrogen and oxygen atoms in total. The minimum Gasteiger partial charge on any atom is -0.486 e. The number of rotatable bonds is 3. The van der Waals surface area contributed by atoms with Gasteiger partial charge in [0.2, 0.25) is 0 Å². The largest absolute Gasteiger partial charge is 0.486 e. The van der Waals surface area contributed by atoms with E-state index in [1.807, 2.05) is 0 Å². The van der Waals surface area contributed by atoms with Crippen LogP contribution in [-0.2, 0) is 12.8 Å². The zero-order valence-electron chi connectivity index (χ0n) is 10.2. The molecule has 0 radical (unpaired) electrons. The monoisotopic (exact) mass is 345 g/mol. The number of alkyl halides is 3. The van der Waals surface area contributed by atoms with Crippen LogP contribution in [0.1, 0.15) is 11.1 Å². The number of hydrogen-bond donors (Lipinski definition) is 1. The molecular formula is C14H11BrF3NO. The first-order valence-electron chi connectivity index (χ1n) is 5.71. The zero-order chi connectivity index (χ0) is 14.8. The fraction of sp³-hybridized carbons (Fsp3) is 0.143. The Morgan fingerprint density at radius 2 is 1.80 bits per heavy atom. The maximum Gasteiger partial charge on any atom is 0.416 e. The number of para-hydroxylation sites is 1. The highest BCUT2D eigenvalue weighted by atomic mass is 79.9. The molecule has 0 aliphatic rings. The van der Waals surface area contributed by atoms with Crippen molar-refractivity contribution in [3.05, 3.63) is 58.1 Å². The van der Waals surface area contributed by atoms with Gasteiger partial charge in [-0.2, -0.15) is 13.2 Å². The van der Waals surface area contributed by atoms with Gasteiger partial charge in [0.05, 0.1) is 15.7 Å². The van der Waals surface area contributed by atoms with Crippen molar-refractivity contribution in [1.29, 1.82) is 0 Å². The summed E-state index contributed by atoms with van der Waals surface area (Å²) in [5.74, 6) is 0.421. The average molecular weight is 346 g/mol. The highest BCUT2D eigenvalue weighted by molar-refractivity contribution is 9.10. The normalized spacial score (nSPS) is 11.4. The molecule has 6 heteroatoms. The Balaban J connectivity index is 2.16. The Morgan fingerprint density at radius 3 is 2.45 bits per heavy atom. The van der Waals surface area contributed by atoms with E-state index >= 15 is 0 Å². The third kappa shape index (κ3) is 3.45. The Morgan fingerprint density at radius 1 is 1.10 bits per heavy atom. The summed E-state index contributed by atoms with van der Waals surface area (Å²) in [7, 11) is 0. The van der Waals surface area contributed by atoms with E-state index in [9.17, 15) is 13.2 Å². The van der Waals surface area contributed by atoms with Gasteiger partial charge in [0.15, 0.2) is 5.75 Å². The van der Waals surface area contributed by atoms with E-state index in [4.69, 9.17) is 10.5 Å². The molecule has 0 amide bonds. The van der Waals surface area contributed by atoms with Crippen molar-refractivity contribution in [3.8, 4) is 5.75 Å². The predicted octanol–water partition coefficient (Wildman–Crippen LogP) is 4.63. The summed E-state index contributed by atoms with van der Waals surface area (Å²) in [6, 6.07) is 10.2. The minimum absolute atomic E-state index is 0.0106. The van der Waals surface area contributed by atoms with Crippen molar-refractivity contribution in [1.82, 2.24) is 0 Å². The molecule has 0 spiro atoms. The van der Waals surface area contributed by atoms with Crippen molar-refractivity contribution >= 4 is 21.6 Å². The Hall–Kier alpha value is -1.69. The fourth-order valence-corrected chi connectivity index (χ4v) is 2.17. The smallest absolute Gasteiger partial charge is 0.416 e. The third-order valence-electron chi connectivity index (χ3n) is 2.63. The maximum atomic E-state index is 12.6. The number of anilines is 1. The van der Waals surface area contributed by atoms with Crippen LogP contribution in [0.2, 0.25) is 0 Å². The van der Waals surface area contributed by atoms with E-state index in [0.717, 1.165) is 12.1 Å². The SMILES string of the molecule is Nc1cccc(Br)c1OCc1cccc(C(F)(F)F)c1. The second kappa shape index (κ2) is 5.75. The Labute approximate surface area is 122 Å². The van der Waals surface area contributed by atoms with Gasteiger partial charge in [-0.15, -0.1) is 0 Å². The number of benzene rings is 2. The van der Waals surface area contributed by atoms with Crippen molar-refractivity contribution < 1.29 is 17.9 Å². The number of ether oxygens (including phenoxy) is 1. The van der Waals surface area contributed by atoms with E-state index in [-0.39, 0.29) is 6.61 Å². The zero-order valence-corrected chi connectivity index (χ0v) is 11.8. The highest BCUT2D eigenvalue weighted by Gasteiger charge is 2.30. The van der Waals surface area contributed by atoms with Crippen LogP contribution < -0.4 is 10.5 Å². The second-order valence-corrected chi connectivity index (χ2v) is 5.00. The molecular weight excluding hydrogens is 335 g/mol. The molecule has 0 aliphatic heterocycles. The van der Waals surface area contributed by atoms with E-state index < -0.39 is 11.7 Å². The lowest BCUT2D eigenvalue weighted by molar-refractivity contribution is -0.137. The Bertz CT molecular complexity index is 593. The summed E-state index contributed by atoms with van der Waals surface area (Å²) in [5.41, 5.74) is 5.90. The van der Waals surface area contributed by atoms with Crippen LogP contribution in [0.3, 0.4) is 0 Å². The lowest BCUT2D eigenvalue weighted by Crippen LogP contribution is -2.06. The van der Waals surface area contributed by atoms with Gasteiger partial charge in [-0.3, -0.25) is 0 Å². The lowest BCUT2D eigenvalue weighted by Gasteiger charge is -2.12. The van der Waals surface area contributed by atoms with Crippen molar-refractivity contribution in [3.63, 3.8) is 0 Å². The molecule has 0 aromatic heterocycles.